The van der Waals surface area contributed by atoms with Crippen LogP contribution in [0, 0.1) is 11.8 Å². The molecule has 1 aliphatic heterocycles. The van der Waals surface area contributed by atoms with E-state index in [1.165, 1.54) is 0 Å². The highest BCUT2D eigenvalue weighted by Crippen LogP contribution is 2.45. The lowest BCUT2D eigenvalue weighted by Crippen LogP contribution is -2.37. The molecule has 1 N–H and O–H groups in total. The maximum atomic E-state index is 12.0. The standard InChI is InChI=1S/C16H22N2O2/c1-11(2)17-15-13-8-18(9-14(13)15)16(19)20-10-12-6-4-3-5-7-12/h3-7,11,13-15,17H,8-10H2,1-2H3/t13-,14+,15?. The Bertz CT molecular complexity index is 463. The molecular formula is C16H22N2O2. The van der Waals surface area contributed by atoms with Crippen molar-refractivity contribution in [3.05, 3.63) is 35.9 Å². The number of rotatable bonds is 4. The molecule has 2 fully saturated rings. The molecule has 0 spiro atoms. The molecule has 1 saturated carbocycles. The molecule has 1 unspecified atom stereocenters. The lowest BCUT2D eigenvalue weighted by molar-refractivity contribution is 0.0992. The first-order valence-electron chi connectivity index (χ1n) is 7.37. The zero-order valence-corrected chi connectivity index (χ0v) is 12.1. The van der Waals surface area contributed by atoms with E-state index >= 15 is 0 Å². The highest BCUT2D eigenvalue weighted by molar-refractivity contribution is 5.68. The summed E-state index contributed by atoms with van der Waals surface area (Å²) in [5, 5.41) is 3.56. The fourth-order valence-electron chi connectivity index (χ4n) is 3.12. The van der Waals surface area contributed by atoms with E-state index in [1.807, 2.05) is 35.2 Å². The van der Waals surface area contributed by atoms with Crippen molar-refractivity contribution < 1.29 is 9.53 Å². The lowest BCUT2D eigenvalue weighted by Gasteiger charge is -2.20. The van der Waals surface area contributed by atoms with Crippen LogP contribution in [0.1, 0.15) is 19.4 Å². The van der Waals surface area contributed by atoms with Gasteiger partial charge in [-0.15, -0.1) is 0 Å². The summed E-state index contributed by atoms with van der Waals surface area (Å²) in [6.07, 6.45) is -0.177. The van der Waals surface area contributed by atoms with Crippen LogP contribution in [0.4, 0.5) is 4.79 Å². The average Bonchev–Trinajstić information content (AvgIpc) is 2.89. The molecule has 0 aromatic heterocycles. The molecule has 1 aliphatic carbocycles. The van der Waals surface area contributed by atoms with Gasteiger partial charge in [0.1, 0.15) is 6.61 Å². The average molecular weight is 274 g/mol. The fourth-order valence-corrected chi connectivity index (χ4v) is 3.12. The zero-order chi connectivity index (χ0) is 14.1. The van der Waals surface area contributed by atoms with E-state index in [2.05, 4.69) is 19.2 Å². The number of likely N-dealkylation sites (tertiary alicyclic amines) is 1. The number of nitrogens with one attached hydrogen (secondary N) is 1. The molecule has 1 saturated heterocycles. The molecule has 3 atom stereocenters. The normalized spacial score (nSPS) is 27.6. The number of nitrogens with zero attached hydrogens (tertiary/aromatic N) is 1. The van der Waals surface area contributed by atoms with Crippen molar-refractivity contribution in [1.29, 1.82) is 0 Å². The van der Waals surface area contributed by atoms with Crippen LogP contribution in [0.2, 0.25) is 0 Å². The highest BCUT2D eigenvalue weighted by Gasteiger charge is 2.56. The summed E-state index contributed by atoms with van der Waals surface area (Å²) in [5.74, 6) is 1.25. The molecule has 1 aromatic carbocycles. The number of amides is 1. The smallest absolute Gasteiger partial charge is 0.410 e. The Balaban J connectivity index is 1.43. The predicted molar refractivity (Wildman–Crippen MR) is 77.2 cm³/mol. The first-order chi connectivity index (χ1) is 9.65. The van der Waals surface area contributed by atoms with Crippen LogP contribution in [0.15, 0.2) is 30.3 Å². The minimum atomic E-state index is -0.177. The lowest BCUT2D eigenvalue weighted by atomic mass is 10.2. The molecule has 1 aromatic rings. The Hall–Kier alpha value is -1.55. The minimum Gasteiger partial charge on any atom is -0.445 e. The second kappa shape index (κ2) is 5.44. The van der Waals surface area contributed by atoms with Crippen LogP contribution in [-0.2, 0) is 11.3 Å². The van der Waals surface area contributed by atoms with Gasteiger partial charge < -0.3 is 15.0 Å². The van der Waals surface area contributed by atoms with Crippen molar-refractivity contribution in [3.63, 3.8) is 0 Å². The van der Waals surface area contributed by atoms with E-state index in [0.717, 1.165) is 18.7 Å². The summed E-state index contributed by atoms with van der Waals surface area (Å²) in [4.78, 5) is 13.8. The fraction of sp³-hybridized carbons (Fsp3) is 0.562. The quantitative estimate of drug-likeness (QED) is 0.915. The van der Waals surface area contributed by atoms with Gasteiger partial charge in [-0.05, 0) is 17.4 Å². The van der Waals surface area contributed by atoms with Crippen LogP contribution in [0.5, 0.6) is 0 Å². The third kappa shape index (κ3) is 2.80. The third-order valence-electron chi connectivity index (χ3n) is 4.18. The molecule has 3 rings (SSSR count). The summed E-state index contributed by atoms with van der Waals surface area (Å²) in [6.45, 7) is 6.37. The van der Waals surface area contributed by atoms with Crippen LogP contribution in [0.3, 0.4) is 0 Å². The van der Waals surface area contributed by atoms with Gasteiger partial charge in [0.05, 0.1) is 0 Å². The SMILES string of the molecule is CC(C)NC1[C@H]2CN(C(=O)OCc3ccccc3)C[C@@H]12. The Morgan fingerprint density at radius 1 is 1.30 bits per heavy atom. The Kier molecular flexibility index (Phi) is 3.66. The molecule has 2 aliphatic rings. The van der Waals surface area contributed by atoms with Gasteiger partial charge in [-0.25, -0.2) is 4.79 Å². The number of ether oxygens (including phenoxy) is 1. The highest BCUT2D eigenvalue weighted by atomic mass is 16.6. The summed E-state index contributed by atoms with van der Waals surface area (Å²) in [5.41, 5.74) is 1.03. The topological polar surface area (TPSA) is 41.6 Å². The monoisotopic (exact) mass is 274 g/mol. The molecule has 108 valence electrons. The molecule has 0 bridgehead atoms. The first kappa shape index (κ1) is 13.4. The van der Waals surface area contributed by atoms with Gasteiger partial charge in [0, 0.05) is 25.2 Å². The van der Waals surface area contributed by atoms with Crippen molar-refractivity contribution >= 4 is 6.09 Å². The number of hydrogen-bond donors (Lipinski definition) is 1. The number of carbonyl (C=O) groups is 1. The van der Waals surface area contributed by atoms with Crippen molar-refractivity contribution in [3.8, 4) is 0 Å². The van der Waals surface area contributed by atoms with E-state index < -0.39 is 0 Å². The van der Waals surface area contributed by atoms with Crippen molar-refractivity contribution in [1.82, 2.24) is 10.2 Å². The number of benzene rings is 1. The maximum Gasteiger partial charge on any atom is 0.410 e. The number of hydrogen-bond acceptors (Lipinski definition) is 3. The number of fused-ring (bicyclic) bond motifs is 1. The minimum absolute atomic E-state index is 0.177. The van der Waals surface area contributed by atoms with Gasteiger partial charge in [0.2, 0.25) is 0 Å². The second-order valence-corrected chi connectivity index (χ2v) is 6.12. The van der Waals surface area contributed by atoms with Gasteiger partial charge in [0.15, 0.2) is 0 Å². The molecule has 20 heavy (non-hydrogen) atoms. The Labute approximate surface area is 120 Å². The van der Waals surface area contributed by atoms with Gasteiger partial charge in [0.25, 0.3) is 0 Å². The third-order valence-corrected chi connectivity index (χ3v) is 4.18. The zero-order valence-electron chi connectivity index (χ0n) is 12.1. The van der Waals surface area contributed by atoms with Crippen LogP contribution in [-0.4, -0.2) is 36.2 Å². The van der Waals surface area contributed by atoms with Gasteiger partial charge in [-0.3, -0.25) is 0 Å². The van der Waals surface area contributed by atoms with E-state index in [4.69, 9.17) is 4.74 Å². The van der Waals surface area contributed by atoms with Gasteiger partial charge in [-0.2, -0.15) is 0 Å². The summed E-state index contributed by atoms with van der Waals surface area (Å²) >= 11 is 0. The number of piperidine rings is 1. The summed E-state index contributed by atoms with van der Waals surface area (Å²) < 4.78 is 5.36. The molecule has 0 radical (unpaired) electrons. The van der Waals surface area contributed by atoms with Crippen molar-refractivity contribution in [2.45, 2.75) is 32.5 Å². The molecule has 4 heteroatoms. The Morgan fingerprint density at radius 3 is 2.55 bits per heavy atom. The van der Waals surface area contributed by atoms with Crippen molar-refractivity contribution in [2.24, 2.45) is 11.8 Å². The van der Waals surface area contributed by atoms with E-state index in [-0.39, 0.29) is 6.09 Å². The summed E-state index contributed by atoms with van der Waals surface area (Å²) in [7, 11) is 0. The van der Waals surface area contributed by atoms with Crippen molar-refractivity contribution in [2.75, 3.05) is 13.1 Å². The predicted octanol–water partition coefficient (Wildman–Crippen LogP) is 2.25. The van der Waals surface area contributed by atoms with Gasteiger partial charge >= 0.3 is 6.09 Å². The first-order valence-corrected chi connectivity index (χ1v) is 7.37. The van der Waals surface area contributed by atoms with Gasteiger partial charge in [-0.1, -0.05) is 44.2 Å². The molecule has 1 heterocycles. The maximum absolute atomic E-state index is 12.0. The molecule has 1 amide bonds. The van der Waals surface area contributed by atoms with Crippen LogP contribution >= 0.6 is 0 Å². The van der Waals surface area contributed by atoms with Crippen LogP contribution in [0.25, 0.3) is 0 Å². The van der Waals surface area contributed by atoms with Crippen LogP contribution < -0.4 is 5.32 Å². The molecule has 4 nitrogen and oxygen atoms in total. The second-order valence-electron chi connectivity index (χ2n) is 6.12. The van der Waals surface area contributed by atoms with E-state index in [0.29, 0.717) is 30.5 Å². The largest absolute Gasteiger partial charge is 0.445 e. The molecular weight excluding hydrogens is 252 g/mol. The Morgan fingerprint density at radius 2 is 1.95 bits per heavy atom. The number of carbonyl (C=O) groups excluding carboxylic acids is 1. The van der Waals surface area contributed by atoms with E-state index in [9.17, 15) is 4.79 Å². The summed E-state index contributed by atoms with van der Waals surface area (Å²) in [6, 6.07) is 10.9. The van der Waals surface area contributed by atoms with E-state index in [1.54, 1.807) is 0 Å².